The minimum absolute atomic E-state index is 0.0923. The van der Waals surface area contributed by atoms with Gasteiger partial charge >= 0.3 is 0 Å². The number of fused-ring (bicyclic) bond motifs is 1. The summed E-state index contributed by atoms with van der Waals surface area (Å²) in [5.41, 5.74) is 3.20. The van der Waals surface area contributed by atoms with E-state index in [9.17, 15) is 14.6 Å². The number of furan rings is 1. The van der Waals surface area contributed by atoms with Crippen LogP contribution < -0.4 is 4.74 Å². The van der Waals surface area contributed by atoms with E-state index in [1.807, 2.05) is 6.92 Å². The fourth-order valence-corrected chi connectivity index (χ4v) is 3.31. The molecule has 2 N–H and O–H groups in total. The molecule has 0 radical (unpaired) electrons. The Bertz CT molecular complexity index is 1140. The second-order valence-electron chi connectivity index (χ2n) is 6.34. The lowest BCUT2D eigenvalue weighted by molar-refractivity contribution is 0.415. The van der Waals surface area contributed by atoms with Crippen LogP contribution >= 0.6 is 0 Å². The van der Waals surface area contributed by atoms with Crippen molar-refractivity contribution in [3.8, 4) is 39.7 Å². The van der Waals surface area contributed by atoms with Gasteiger partial charge in [-0.1, -0.05) is 0 Å². The molecule has 0 fully saturated rings. The van der Waals surface area contributed by atoms with Gasteiger partial charge in [-0.25, -0.2) is 4.39 Å². The van der Waals surface area contributed by atoms with E-state index < -0.39 is 5.82 Å². The maximum Gasteiger partial charge on any atom is 0.143 e. The van der Waals surface area contributed by atoms with Crippen LogP contribution in [0, 0.1) is 12.7 Å². The summed E-state index contributed by atoms with van der Waals surface area (Å²) in [7, 11) is 1.52. The standard InChI is InChI=1S/C22H17FO4/c1-12-9-16(25)11-18-20(17-10-14(23)5-8-19(17)26-2)22(27-21(12)18)13-3-6-15(24)7-4-13/h3-11,24-25H,1-2H3. The van der Waals surface area contributed by atoms with Gasteiger partial charge in [0.25, 0.3) is 0 Å². The Kier molecular flexibility index (Phi) is 4.00. The molecule has 5 heteroatoms. The van der Waals surface area contributed by atoms with Gasteiger partial charge in [-0.2, -0.15) is 0 Å². The summed E-state index contributed by atoms with van der Waals surface area (Å²) >= 11 is 0. The second kappa shape index (κ2) is 6.36. The van der Waals surface area contributed by atoms with Gasteiger partial charge in [0.2, 0.25) is 0 Å². The summed E-state index contributed by atoms with van der Waals surface area (Å²) in [6.45, 7) is 1.83. The van der Waals surface area contributed by atoms with E-state index >= 15 is 0 Å². The van der Waals surface area contributed by atoms with Gasteiger partial charge in [-0.3, -0.25) is 0 Å². The molecule has 0 bridgehead atoms. The number of phenolic OH excluding ortho intramolecular Hbond substituents is 2. The van der Waals surface area contributed by atoms with Crippen molar-refractivity contribution in [3.05, 3.63) is 66.0 Å². The van der Waals surface area contributed by atoms with Crippen LogP contribution in [-0.4, -0.2) is 17.3 Å². The van der Waals surface area contributed by atoms with E-state index in [1.54, 1.807) is 42.5 Å². The van der Waals surface area contributed by atoms with Crippen LogP contribution in [-0.2, 0) is 0 Å². The van der Waals surface area contributed by atoms with Gasteiger partial charge in [0, 0.05) is 22.1 Å². The fraction of sp³-hybridized carbons (Fsp3) is 0.0909. The zero-order valence-electron chi connectivity index (χ0n) is 14.8. The molecule has 27 heavy (non-hydrogen) atoms. The van der Waals surface area contributed by atoms with E-state index in [0.29, 0.717) is 39.2 Å². The largest absolute Gasteiger partial charge is 0.508 e. The highest BCUT2D eigenvalue weighted by Crippen LogP contribution is 2.46. The molecule has 0 saturated carbocycles. The molecule has 4 nitrogen and oxygen atoms in total. The molecule has 0 spiro atoms. The molecule has 1 heterocycles. The summed E-state index contributed by atoms with van der Waals surface area (Å²) < 4.78 is 25.6. The molecule has 0 aliphatic rings. The predicted molar refractivity (Wildman–Crippen MR) is 102 cm³/mol. The number of methoxy groups -OCH3 is 1. The maximum absolute atomic E-state index is 14.1. The fourth-order valence-electron chi connectivity index (χ4n) is 3.31. The Labute approximate surface area is 155 Å². The van der Waals surface area contributed by atoms with Crippen molar-refractivity contribution in [1.82, 2.24) is 0 Å². The van der Waals surface area contributed by atoms with E-state index in [0.717, 1.165) is 5.56 Å². The topological polar surface area (TPSA) is 62.8 Å². The van der Waals surface area contributed by atoms with Crippen LogP contribution in [0.5, 0.6) is 17.2 Å². The first kappa shape index (κ1) is 17.0. The van der Waals surface area contributed by atoms with Crippen LogP contribution in [0.3, 0.4) is 0 Å². The van der Waals surface area contributed by atoms with Crippen LogP contribution in [0.25, 0.3) is 33.4 Å². The van der Waals surface area contributed by atoms with Crippen molar-refractivity contribution in [2.45, 2.75) is 6.92 Å². The van der Waals surface area contributed by atoms with Crippen molar-refractivity contribution >= 4 is 11.0 Å². The third-order valence-electron chi connectivity index (χ3n) is 4.52. The molecular weight excluding hydrogens is 347 g/mol. The molecule has 4 aromatic rings. The molecular formula is C22H17FO4. The molecule has 3 aromatic carbocycles. The number of benzene rings is 3. The highest BCUT2D eigenvalue weighted by atomic mass is 19.1. The van der Waals surface area contributed by atoms with Gasteiger partial charge in [0.15, 0.2) is 0 Å². The average molecular weight is 364 g/mol. The predicted octanol–water partition coefficient (Wildman–Crippen LogP) is 5.63. The van der Waals surface area contributed by atoms with Crippen molar-refractivity contribution in [2.75, 3.05) is 7.11 Å². The first-order chi connectivity index (χ1) is 13.0. The van der Waals surface area contributed by atoms with Crippen LogP contribution in [0.1, 0.15) is 5.56 Å². The Morgan fingerprint density at radius 3 is 2.37 bits per heavy atom. The number of halogens is 1. The SMILES string of the molecule is COc1ccc(F)cc1-c1c(-c2ccc(O)cc2)oc2c(C)cc(O)cc12. The highest BCUT2D eigenvalue weighted by Gasteiger charge is 2.22. The van der Waals surface area contributed by atoms with Crippen LogP contribution in [0.2, 0.25) is 0 Å². The number of ether oxygens (including phenoxy) is 1. The summed E-state index contributed by atoms with van der Waals surface area (Å²) in [6.07, 6.45) is 0. The quantitative estimate of drug-likeness (QED) is 0.494. The normalized spacial score (nSPS) is 11.1. The molecule has 0 aliphatic heterocycles. The summed E-state index contributed by atoms with van der Waals surface area (Å²) in [6, 6.07) is 14.0. The Morgan fingerprint density at radius 2 is 1.67 bits per heavy atom. The lowest BCUT2D eigenvalue weighted by atomic mass is 9.96. The molecule has 0 unspecified atom stereocenters. The number of aryl methyl sites for hydroxylation is 1. The van der Waals surface area contributed by atoms with Gasteiger partial charge in [0.05, 0.1) is 7.11 Å². The monoisotopic (exact) mass is 364 g/mol. The zero-order chi connectivity index (χ0) is 19.1. The lowest BCUT2D eigenvalue weighted by Gasteiger charge is -2.10. The van der Waals surface area contributed by atoms with E-state index in [2.05, 4.69) is 0 Å². The number of rotatable bonds is 3. The van der Waals surface area contributed by atoms with E-state index in [-0.39, 0.29) is 11.5 Å². The lowest BCUT2D eigenvalue weighted by Crippen LogP contribution is -1.90. The molecule has 0 amide bonds. The molecule has 0 saturated heterocycles. The van der Waals surface area contributed by atoms with Crippen molar-refractivity contribution in [1.29, 1.82) is 0 Å². The van der Waals surface area contributed by atoms with Gasteiger partial charge in [-0.15, -0.1) is 0 Å². The first-order valence-electron chi connectivity index (χ1n) is 8.37. The second-order valence-corrected chi connectivity index (χ2v) is 6.34. The summed E-state index contributed by atoms with van der Waals surface area (Å²) in [5, 5.41) is 20.3. The molecule has 136 valence electrons. The minimum Gasteiger partial charge on any atom is -0.508 e. The molecule has 0 atom stereocenters. The number of hydrogen-bond donors (Lipinski definition) is 2. The van der Waals surface area contributed by atoms with Crippen molar-refractivity contribution < 1.29 is 23.8 Å². The number of hydrogen-bond acceptors (Lipinski definition) is 4. The number of aromatic hydroxyl groups is 2. The highest BCUT2D eigenvalue weighted by molar-refractivity contribution is 6.04. The van der Waals surface area contributed by atoms with E-state index in [1.165, 1.54) is 19.2 Å². The van der Waals surface area contributed by atoms with Crippen molar-refractivity contribution in [3.63, 3.8) is 0 Å². The van der Waals surface area contributed by atoms with Gasteiger partial charge in [-0.05, 0) is 67.1 Å². The minimum atomic E-state index is -0.409. The van der Waals surface area contributed by atoms with Gasteiger partial charge in [0.1, 0.15) is 34.4 Å². The van der Waals surface area contributed by atoms with Crippen LogP contribution in [0.15, 0.2) is 59.0 Å². The Morgan fingerprint density at radius 1 is 0.926 bits per heavy atom. The average Bonchev–Trinajstić information content (AvgIpc) is 3.01. The first-order valence-corrected chi connectivity index (χ1v) is 8.37. The third kappa shape index (κ3) is 2.87. The molecule has 1 aromatic heterocycles. The third-order valence-corrected chi connectivity index (χ3v) is 4.52. The number of phenols is 2. The molecule has 0 aliphatic carbocycles. The summed E-state index contributed by atoms with van der Waals surface area (Å²) in [4.78, 5) is 0. The van der Waals surface area contributed by atoms with Gasteiger partial charge < -0.3 is 19.4 Å². The van der Waals surface area contributed by atoms with Crippen molar-refractivity contribution in [2.24, 2.45) is 0 Å². The summed E-state index contributed by atoms with van der Waals surface area (Å²) in [5.74, 6) is 0.805. The van der Waals surface area contributed by atoms with Crippen LogP contribution in [0.4, 0.5) is 4.39 Å². The smallest absolute Gasteiger partial charge is 0.143 e. The zero-order valence-corrected chi connectivity index (χ0v) is 14.8. The van der Waals surface area contributed by atoms with E-state index in [4.69, 9.17) is 9.15 Å². The Balaban J connectivity index is 2.13. The molecule has 4 rings (SSSR count). The Hall–Kier alpha value is -3.47. The maximum atomic E-state index is 14.1.